The lowest BCUT2D eigenvalue weighted by molar-refractivity contribution is 0.780. The average Bonchev–Trinajstić information content (AvgIpc) is 2.46. The van der Waals surface area contributed by atoms with Crippen molar-refractivity contribution in [1.29, 1.82) is 0 Å². The van der Waals surface area contributed by atoms with E-state index in [2.05, 4.69) is 53.8 Å². The number of nitrogen functional groups attached to an aromatic ring is 1. The quantitative estimate of drug-likeness (QED) is 0.848. The highest BCUT2D eigenvalue weighted by Crippen LogP contribution is 2.19. The van der Waals surface area contributed by atoms with Crippen LogP contribution in [0.15, 0.2) is 36.7 Å². The van der Waals surface area contributed by atoms with Crippen molar-refractivity contribution >= 4 is 11.5 Å². The molecule has 2 N–H and O–H groups in total. The third-order valence-corrected chi connectivity index (χ3v) is 3.32. The average molecular weight is 270 g/mol. The summed E-state index contributed by atoms with van der Waals surface area (Å²) < 4.78 is 0. The molecule has 0 unspecified atom stereocenters. The van der Waals surface area contributed by atoms with Crippen molar-refractivity contribution in [2.24, 2.45) is 0 Å². The molecule has 0 spiro atoms. The van der Waals surface area contributed by atoms with Crippen LogP contribution in [0.25, 0.3) is 0 Å². The largest absolute Gasteiger partial charge is 0.399 e. The number of anilines is 2. The number of benzene rings is 1. The van der Waals surface area contributed by atoms with Gasteiger partial charge in [-0.25, -0.2) is 9.97 Å². The molecular formula is C16H22N4. The van der Waals surface area contributed by atoms with E-state index in [-0.39, 0.29) is 0 Å². The maximum Gasteiger partial charge on any atom is 0.132 e. The zero-order valence-electron chi connectivity index (χ0n) is 12.4. The van der Waals surface area contributed by atoms with E-state index in [4.69, 9.17) is 5.73 Å². The smallest absolute Gasteiger partial charge is 0.132 e. The van der Waals surface area contributed by atoms with Crippen LogP contribution in [0.3, 0.4) is 0 Å². The first-order valence-electron chi connectivity index (χ1n) is 7.01. The van der Waals surface area contributed by atoms with Gasteiger partial charge < -0.3 is 10.6 Å². The Morgan fingerprint density at radius 2 is 1.85 bits per heavy atom. The van der Waals surface area contributed by atoms with Gasteiger partial charge in [0, 0.05) is 30.5 Å². The van der Waals surface area contributed by atoms with Crippen LogP contribution in [0.1, 0.15) is 37.9 Å². The summed E-state index contributed by atoms with van der Waals surface area (Å²) in [5.41, 5.74) is 8.81. The van der Waals surface area contributed by atoms with Crippen LogP contribution >= 0.6 is 0 Å². The third kappa shape index (κ3) is 3.47. The van der Waals surface area contributed by atoms with Crippen molar-refractivity contribution < 1.29 is 0 Å². The zero-order valence-corrected chi connectivity index (χ0v) is 12.4. The highest BCUT2D eigenvalue weighted by molar-refractivity contribution is 5.43. The predicted octanol–water partition coefficient (Wildman–Crippen LogP) is 3.21. The number of hydrogen-bond acceptors (Lipinski definition) is 4. The van der Waals surface area contributed by atoms with Crippen molar-refractivity contribution in [1.82, 2.24) is 9.97 Å². The summed E-state index contributed by atoms with van der Waals surface area (Å²) in [6.45, 7) is 8.14. The minimum absolute atomic E-state index is 0.409. The van der Waals surface area contributed by atoms with Crippen LogP contribution < -0.4 is 10.6 Å². The Morgan fingerprint density at radius 1 is 1.15 bits per heavy atom. The Hall–Kier alpha value is -2.10. The van der Waals surface area contributed by atoms with Gasteiger partial charge in [0.2, 0.25) is 0 Å². The van der Waals surface area contributed by atoms with Crippen LogP contribution in [0.4, 0.5) is 11.5 Å². The molecule has 106 valence electrons. The molecular weight excluding hydrogens is 248 g/mol. The standard InChI is InChI=1S/C16H22N4/c1-4-20(10-13-5-7-14(17)8-6-13)16-9-15(12(2)3)18-11-19-16/h5-9,11-12H,4,10,17H2,1-3H3. The number of aromatic nitrogens is 2. The lowest BCUT2D eigenvalue weighted by Gasteiger charge is -2.22. The molecule has 0 saturated carbocycles. The maximum atomic E-state index is 5.72. The molecule has 20 heavy (non-hydrogen) atoms. The Labute approximate surface area is 120 Å². The summed E-state index contributed by atoms with van der Waals surface area (Å²) in [6, 6.07) is 10.1. The Bertz CT molecular complexity index is 549. The van der Waals surface area contributed by atoms with Crippen LogP contribution in [-0.2, 0) is 6.54 Å². The van der Waals surface area contributed by atoms with E-state index < -0.39 is 0 Å². The van der Waals surface area contributed by atoms with Crippen molar-refractivity contribution in [2.45, 2.75) is 33.2 Å². The molecule has 2 rings (SSSR count). The second-order valence-corrected chi connectivity index (χ2v) is 5.21. The molecule has 0 radical (unpaired) electrons. The predicted molar refractivity (Wildman–Crippen MR) is 83.7 cm³/mol. The molecule has 0 aliphatic rings. The monoisotopic (exact) mass is 270 g/mol. The first kappa shape index (κ1) is 14.3. The van der Waals surface area contributed by atoms with Crippen LogP contribution in [-0.4, -0.2) is 16.5 Å². The van der Waals surface area contributed by atoms with Crippen molar-refractivity contribution in [3.8, 4) is 0 Å². The van der Waals surface area contributed by atoms with E-state index in [0.29, 0.717) is 5.92 Å². The second kappa shape index (κ2) is 6.37. The molecule has 0 atom stereocenters. The topological polar surface area (TPSA) is 55.0 Å². The minimum atomic E-state index is 0.409. The molecule has 0 saturated heterocycles. The summed E-state index contributed by atoms with van der Waals surface area (Å²) in [7, 11) is 0. The van der Waals surface area contributed by atoms with Gasteiger partial charge in [-0.15, -0.1) is 0 Å². The van der Waals surface area contributed by atoms with Gasteiger partial charge in [0.1, 0.15) is 12.1 Å². The normalized spacial score (nSPS) is 10.8. The van der Waals surface area contributed by atoms with Gasteiger partial charge in [-0.3, -0.25) is 0 Å². The SMILES string of the molecule is CCN(Cc1ccc(N)cc1)c1cc(C(C)C)ncn1. The minimum Gasteiger partial charge on any atom is -0.399 e. The van der Waals surface area contributed by atoms with E-state index in [1.54, 1.807) is 6.33 Å². The Balaban J connectivity index is 2.19. The van der Waals surface area contributed by atoms with Crippen LogP contribution in [0.2, 0.25) is 0 Å². The van der Waals surface area contributed by atoms with E-state index >= 15 is 0 Å². The maximum absolute atomic E-state index is 5.72. The van der Waals surface area contributed by atoms with E-state index in [1.807, 2.05) is 12.1 Å². The summed E-state index contributed by atoms with van der Waals surface area (Å²) in [5, 5.41) is 0. The van der Waals surface area contributed by atoms with Gasteiger partial charge in [-0.2, -0.15) is 0 Å². The lowest BCUT2D eigenvalue weighted by atomic mass is 10.1. The van der Waals surface area contributed by atoms with E-state index in [0.717, 1.165) is 30.3 Å². The summed E-state index contributed by atoms with van der Waals surface area (Å²) in [6.07, 6.45) is 1.65. The molecule has 0 fully saturated rings. The lowest BCUT2D eigenvalue weighted by Crippen LogP contribution is -2.23. The van der Waals surface area contributed by atoms with Gasteiger partial charge in [0.05, 0.1) is 0 Å². The second-order valence-electron chi connectivity index (χ2n) is 5.21. The fourth-order valence-electron chi connectivity index (χ4n) is 2.05. The highest BCUT2D eigenvalue weighted by atomic mass is 15.2. The Morgan fingerprint density at radius 3 is 2.45 bits per heavy atom. The van der Waals surface area contributed by atoms with E-state index in [1.165, 1.54) is 5.56 Å². The summed E-state index contributed by atoms with van der Waals surface area (Å²) in [4.78, 5) is 11.0. The number of rotatable bonds is 5. The summed E-state index contributed by atoms with van der Waals surface area (Å²) in [5.74, 6) is 1.38. The molecule has 0 amide bonds. The molecule has 1 aromatic heterocycles. The number of nitrogens with zero attached hydrogens (tertiary/aromatic N) is 3. The molecule has 4 heteroatoms. The number of nitrogens with two attached hydrogens (primary N) is 1. The first-order chi connectivity index (χ1) is 9.60. The molecule has 1 aromatic carbocycles. The fourth-order valence-corrected chi connectivity index (χ4v) is 2.05. The number of hydrogen-bond donors (Lipinski definition) is 1. The van der Waals surface area contributed by atoms with Gasteiger partial charge in [0.25, 0.3) is 0 Å². The van der Waals surface area contributed by atoms with Crippen molar-refractivity contribution in [3.63, 3.8) is 0 Å². The van der Waals surface area contributed by atoms with Gasteiger partial charge in [-0.05, 0) is 30.5 Å². The van der Waals surface area contributed by atoms with Crippen LogP contribution in [0.5, 0.6) is 0 Å². The highest BCUT2D eigenvalue weighted by Gasteiger charge is 2.09. The van der Waals surface area contributed by atoms with E-state index in [9.17, 15) is 0 Å². The van der Waals surface area contributed by atoms with Crippen LogP contribution in [0, 0.1) is 0 Å². The molecule has 0 aliphatic carbocycles. The molecule has 0 aliphatic heterocycles. The molecule has 0 bridgehead atoms. The zero-order chi connectivity index (χ0) is 14.5. The van der Waals surface area contributed by atoms with Gasteiger partial charge in [-0.1, -0.05) is 26.0 Å². The first-order valence-corrected chi connectivity index (χ1v) is 7.01. The fraction of sp³-hybridized carbons (Fsp3) is 0.375. The van der Waals surface area contributed by atoms with Gasteiger partial charge in [0.15, 0.2) is 0 Å². The molecule has 1 heterocycles. The van der Waals surface area contributed by atoms with Crippen molar-refractivity contribution in [3.05, 3.63) is 47.9 Å². The summed E-state index contributed by atoms with van der Waals surface area (Å²) >= 11 is 0. The molecule has 4 nitrogen and oxygen atoms in total. The van der Waals surface area contributed by atoms with Crippen molar-refractivity contribution in [2.75, 3.05) is 17.2 Å². The van der Waals surface area contributed by atoms with Gasteiger partial charge >= 0.3 is 0 Å². The third-order valence-electron chi connectivity index (χ3n) is 3.32. The Kier molecular flexibility index (Phi) is 4.56. The molecule has 2 aromatic rings.